The van der Waals surface area contributed by atoms with Gasteiger partial charge in [0.15, 0.2) is 0 Å². The van der Waals surface area contributed by atoms with Gasteiger partial charge in [-0.05, 0) is 6.42 Å². The Labute approximate surface area is 51.4 Å². The van der Waals surface area contributed by atoms with Gasteiger partial charge < -0.3 is 4.74 Å². The zero-order valence-electron chi connectivity index (χ0n) is 5.39. The Balaban J connectivity index is 2.83. The monoisotopic (exact) mass is 113 g/mol. The highest BCUT2D eigenvalue weighted by Gasteiger charge is 1.71. The van der Waals surface area contributed by atoms with E-state index in [0.29, 0.717) is 6.61 Å². The van der Waals surface area contributed by atoms with E-state index in [1.807, 2.05) is 6.08 Å². The average Bonchev–Trinajstić information content (AvgIpc) is 1.81. The van der Waals surface area contributed by atoms with E-state index in [4.69, 9.17) is 0 Å². The summed E-state index contributed by atoms with van der Waals surface area (Å²) in [6.45, 7) is 2.79. The predicted molar refractivity (Wildman–Crippen MR) is 35.4 cm³/mol. The minimum absolute atomic E-state index is 0.639. The molecule has 0 N–H and O–H groups in total. The molecule has 8 heavy (non-hydrogen) atoms. The second kappa shape index (κ2) is 6.70. The fourth-order valence-corrected chi connectivity index (χ4v) is 0.421. The molecular formula is C7H13O. The zero-order chi connectivity index (χ0) is 6.24. The molecule has 0 aromatic heterocycles. The Morgan fingerprint density at radius 1 is 1.50 bits per heavy atom. The van der Waals surface area contributed by atoms with E-state index in [-0.39, 0.29) is 0 Å². The molecule has 47 valence electrons. The third-order valence-corrected chi connectivity index (χ3v) is 0.836. The highest BCUT2D eigenvalue weighted by atomic mass is 16.5. The molecule has 0 saturated carbocycles. The van der Waals surface area contributed by atoms with E-state index in [1.54, 1.807) is 0 Å². The van der Waals surface area contributed by atoms with Crippen molar-refractivity contribution in [3.63, 3.8) is 0 Å². The summed E-state index contributed by atoms with van der Waals surface area (Å²) < 4.78 is 4.55. The third-order valence-electron chi connectivity index (χ3n) is 0.836. The van der Waals surface area contributed by atoms with Gasteiger partial charge in [-0.25, -0.2) is 0 Å². The number of ether oxygens (including phenoxy) is 1. The molecule has 0 spiro atoms. The quantitative estimate of drug-likeness (QED) is 0.507. The maximum Gasteiger partial charge on any atom is 0.0704 e. The summed E-state index contributed by atoms with van der Waals surface area (Å²) in [5.41, 5.74) is 0. The second-order valence-electron chi connectivity index (χ2n) is 1.63. The maximum absolute atomic E-state index is 4.55. The second-order valence-corrected chi connectivity index (χ2v) is 1.63. The van der Waals surface area contributed by atoms with Gasteiger partial charge in [0.2, 0.25) is 0 Å². The lowest BCUT2D eigenvalue weighted by atomic mass is 10.3. The predicted octanol–water partition coefficient (Wildman–Crippen LogP) is 2.15. The summed E-state index contributed by atoms with van der Waals surface area (Å²) in [6.07, 6.45) is 6.43. The van der Waals surface area contributed by atoms with E-state index < -0.39 is 0 Å². The number of hydrogen-bond donors (Lipinski definition) is 0. The van der Waals surface area contributed by atoms with Gasteiger partial charge in [0.1, 0.15) is 0 Å². The Morgan fingerprint density at radius 3 is 2.75 bits per heavy atom. The van der Waals surface area contributed by atoms with Crippen molar-refractivity contribution in [2.24, 2.45) is 0 Å². The Bertz CT molecular complexity index is 49.4. The van der Waals surface area contributed by atoms with Crippen molar-refractivity contribution in [3.05, 3.63) is 19.3 Å². The SMILES string of the molecule is [CH2]OC/C=C/CCC. The van der Waals surface area contributed by atoms with Crippen LogP contribution < -0.4 is 0 Å². The molecule has 0 aromatic carbocycles. The van der Waals surface area contributed by atoms with Crippen molar-refractivity contribution < 1.29 is 4.74 Å². The third kappa shape index (κ3) is 5.70. The van der Waals surface area contributed by atoms with Gasteiger partial charge in [0.25, 0.3) is 0 Å². The van der Waals surface area contributed by atoms with Crippen LogP contribution in [0.5, 0.6) is 0 Å². The van der Waals surface area contributed by atoms with Crippen molar-refractivity contribution in [3.8, 4) is 0 Å². The standard InChI is InChI=1S/C7H13O/c1-3-4-5-6-7-8-2/h5-6H,2-4,7H2,1H3/b6-5+. The summed E-state index contributed by atoms with van der Waals surface area (Å²) >= 11 is 0. The number of unbranched alkanes of at least 4 members (excludes halogenated alkanes) is 1. The maximum atomic E-state index is 4.55. The first-order valence-electron chi connectivity index (χ1n) is 2.93. The molecule has 0 rings (SSSR count). The number of hydrogen-bond acceptors (Lipinski definition) is 1. The highest BCUT2D eigenvalue weighted by Crippen LogP contribution is 1.87. The Morgan fingerprint density at radius 2 is 2.25 bits per heavy atom. The van der Waals surface area contributed by atoms with Crippen molar-refractivity contribution in [2.45, 2.75) is 19.8 Å². The minimum Gasteiger partial charge on any atom is -0.375 e. The molecule has 0 amide bonds. The molecule has 0 bridgehead atoms. The fourth-order valence-electron chi connectivity index (χ4n) is 0.421. The Kier molecular flexibility index (Phi) is 6.45. The summed E-state index contributed by atoms with van der Waals surface area (Å²) in [7, 11) is 3.23. The van der Waals surface area contributed by atoms with Crippen LogP contribution in [0.4, 0.5) is 0 Å². The van der Waals surface area contributed by atoms with E-state index in [1.165, 1.54) is 6.42 Å². The number of allylic oxidation sites excluding steroid dienone is 1. The molecule has 1 nitrogen and oxygen atoms in total. The van der Waals surface area contributed by atoms with Gasteiger partial charge in [-0.15, -0.1) is 0 Å². The van der Waals surface area contributed by atoms with Crippen LogP contribution >= 0.6 is 0 Å². The molecule has 0 aliphatic heterocycles. The van der Waals surface area contributed by atoms with E-state index in [2.05, 4.69) is 24.8 Å². The van der Waals surface area contributed by atoms with Gasteiger partial charge in [0, 0.05) is 0 Å². The van der Waals surface area contributed by atoms with Crippen LogP contribution in [0.2, 0.25) is 0 Å². The topological polar surface area (TPSA) is 9.23 Å². The summed E-state index contributed by atoms with van der Waals surface area (Å²) in [5, 5.41) is 0. The lowest BCUT2D eigenvalue weighted by Gasteiger charge is -1.85. The van der Waals surface area contributed by atoms with E-state index >= 15 is 0 Å². The molecule has 1 radical (unpaired) electrons. The smallest absolute Gasteiger partial charge is 0.0704 e. The largest absolute Gasteiger partial charge is 0.375 e. The van der Waals surface area contributed by atoms with E-state index in [9.17, 15) is 0 Å². The average molecular weight is 113 g/mol. The summed E-state index contributed by atoms with van der Waals surface area (Å²) in [6, 6.07) is 0. The van der Waals surface area contributed by atoms with Gasteiger partial charge in [0.05, 0.1) is 13.7 Å². The van der Waals surface area contributed by atoms with E-state index in [0.717, 1.165) is 6.42 Å². The zero-order valence-corrected chi connectivity index (χ0v) is 5.39. The van der Waals surface area contributed by atoms with Crippen molar-refractivity contribution >= 4 is 0 Å². The molecule has 0 atom stereocenters. The number of rotatable bonds is 4. The highest BCUT2D eigenvalue weighted by molar-refractivity contribution is 4.80. The molecule has 0 heterocycles. The normalized spacial score (nSPS) is 10.8. The van der Waals surface area contributed by atoms with Gasteiger partial charge in [-0.1, -0.05) is 25.5 Å². The van der Waals surface area contributed by atoms with Gasteiger partial charge >= 0.3 is 0 Å². The Hall–Kier alpha value is -0.300. The molecule has 0 aromatic rings. The van der Waals surface area contributed by atoms with Crippen LogP contribution in [0.15, 0.2) is 12.2 Å². The van der Waals surface area contributed by atoms with Gasteiger partial charge in [-0.3, -0.25) is 0 Å². The first kappa shape index (κ1) is 7.70. The van der Waals surface area contributed by atoms with Crippen molar-refractivity contribution in [1.29, 1.82) is 0 Å². The van der Waals surface area contributed by atoms with Crippen LogP contribution in [0.3, 0.4) is 0 Å². The van der Waals surface area contributed by atoms with Crippen LogP contribution in [-0.2, 0) is 4.74 Å². The lowest BCUT2D eigenvalue weighted by Crippen LogP contribution is -1.76. The summed E-state index contributed by atoms with van der Waals surface area (Å²) in [5.74, 6) is 0. The first-order valence-corrected chi connectivity index (χ1v) is 2.93. The molecule has 0 aliphatic rings. The van der Waals surface area contributed by atoms with Gasteiger partial charge in [-0.2, -0.15) is 0 Å². The molecular weight excluding hydrogens is 100 g/mol. The minimum atomic E-state index is 0.639. The van der Waals surface area contributed by atoms with Crippen LogP contribution in [0, 0.1) is 7.11 Å². The first-order chi connectivity index (χ1) is 3.91. The van der Waals surface area contributed by atoms with Crippen LogP contribution in [0.25, 0.3) is 0 Å². The molecule has 0 aliphatic carbocycles. The lowest BCUT2D eigenvalue weighted by molar-refractivity contribution is 0.281. The molecule has 1 heteroatoms. The van der Waals surface area contributed by atoms with Crippen LogP contribution in [0.1, 0.15) is 19.8 Å². The molecule has 0 saturated heterocycles. The molecule has 0 unspecified atom stereocenters. The fraction of sp³-hybridized carbons (Fsp3) is 0.571. The van der Waals surface area contributed by atoms with Crippen LogP contribution in [-0.4, -0.2) is 6.61 Å². The molecule has 0 fully saturated rings. The van der Waals surface area contributed by atoms with Crippen molar-refractivity contribution in [2.75, 3.05) is 6.61 Å². The summed E-state index contributed by atoms with van der Waals surface area (Å²) in [4.78, 5) is 0. The van der Waals surface area contributed by atoms with Crippen molar-refractivity contribution in [1.82, 2.24) is 0 Å².